The van der Waals surface area contributed by atoms with Gasteiger partial charge in [0, 0.05) is 6.42 Å². The van der Waals surface area contributed by atoms with Crippen molar-refractivity contribution in [2.24, 2.45) is 33.7 Å². The Morgan fingerprint density at radius 3 is 2.82 bits per heavy atom. The van der Waals surface area contributed by atoms with Crippen molar-refractivity contribution < 1.29 is 14.4 Å². The molecule has 6 unspecified atom stereocenters. The summed E-state index contributed by atoms with van der Waals surface area (Å²) in [4.78, 5) is 12.0. The lowest BCUT2D eigenvalue weighted by Crippen LogP contribution is -2.51. The number of oxime groups is 1. The summed E-state index contributed by atoms with van der Waals surface area (Å²) in [7, 11) is 4.01. The van der Waals surface area contributed by atoms with E-state index >= 15 is 0 Å². The number of nitrogens with zero attached hydrogens (tertiary/aromatic N) is 3. The molecule has 182 valence electrons. The topological polar surface area (TPSA) is 71.1 Å². The summed E-state index contributed by atoms with van der Waals surface area (Å²) >= 11 is 0. The Balaban J connectivity index is 1.20. The highest BCUT2D eigenvalue weighted by atomic mass is 16.6. The van der Waals surface area contributed by atoms with E-state index in [0.717, 1.165) is 42.0 Å². The van der Waals surface area contributed by atoms with E-state index in [2.05, 4.69) is 30.1 Å². The lowest BCUT2D eigenvalue weighted by molar-refractivity contribution is -0.0722. The van der Waals surface area contributed by atoms with Crippen molar-refractivity contribution in [1.82, 2.24) is 9.88 Å². The molecule has 5 rings (SSSR count). The van der Waals surface area contributed by atoms with E-state index in [1.54, 1.807) is 11.8 Å². The van der Waals surface area contributed by atoms with Crippen LogP contribution in [0.3, 0.4) is 0 Å². The molecule has 6 nitrogen and oxygen atoms in total. The van der Waals surface area contributed by atoms with Crippen LogP contribution < -0.4 is 0 Å². The van der Waals surface area contributed by atoms with Crippen molar-refractivity contribution in [3.05, 3.63) is 29.5 Å². The summed E-state index contributed by atoms with van der Waals surface area (Å²) in [6.07, 6.45) is 14.0. The highest BCUT2D eigenvalue weighted by molar-refractivity contribution is 5.96. The van der Waals surface area contributed by atoms with Gasteiger partial charge in [0.25, 0.3) is 0 Å². The molecule has 1 aromatic rings. The molecule has 0 saturated heterocycles. The minimum Gasteiger partial charge on any atom is -0.444 e. The second-order valence-electron chi connectivity index (χ2n) is 11.8. The third-order valence-corrected chi connectivity index (χ3v) is 9.60. The maximum Gasteiger partial charge on any atom is 0.208 e. The molecule has 0 spiro atoms. The van der Waals surface area contributed by atoms with Crippen molar-refractivity contribution in [1.29, 1.82) is 0 Å². The van der Waals surface area contributed by atoms with Crippen LogP contribution in [0, 0.1) is 28.6 Å². The van der Waals surface area contributed by atoms with Crippen LogP contribution in [-0.2, 0) is 17.8 Å². The fourth-order valence-corrected chi connectivity index (χ4v) is 7.70. The Morgan fingerprint density at radius 2 is 2.00 bits per heavy atom. The molecule has 6 atom stereocenters. The number of aliphatic hydroxyl groups is 1. The fourth-order valence-electron chi connectivity index (χ4n) is 7.70. The Kier molecular flexibility index (Phi) is 6.19. The average Bonchev–Trinajstić information content (AvgIpc) is 3.34. The number of aliphatic hydroxyl groups excluding tert-OH is 1. The van der Waals surface area contributed by atoms with Gasteiger partial charge in [0.1, 0.15) is 12.4 Å². The second-order valence-corrected chi connectivity index (χ2v) is 11.8. The molecule has 6 heteroatoms. The molecule has 0 radical (unpaired) electrons. The first-order valence-corrected chi connectivity index (χ1v) is 13.0. The zero-order valence-corrected chi connectivity index (χ0v) is 20.8. The van der Waals surface area contributed by atoms with Crippen LogP contribution >= 0.6 is 0 Å². The van der Waals surface area contributed by atoms with Gasteiger partial charge < -0.3 is 19.3 Å². The van der Waals surface area contributed by atoms with Crippen molar-refractivity contribution >= 4 is 5.71 Å². The lowest BCUT2D eigenvalue weighted by atomic mass is 9.47. The quantitative estimate of drug-likeness (QED) is 0.484. The summed E-state index contributed by atoms with van der Waals surface area (Å²) in [5, 5.41) is 15.2. The Bertz CT molecular complexity index is 921. The van der Waals surface area contributed by atoms with E-state index in [1.807, 2.05) is 19.0 Å². The van der Waals surface area contributed by atoms with Gasteiger partial charge >= 0.3 is 0 Å². The number of rotatable bonds is 6. The first-order chi connectivity index (χ1) is 15.8. The van der Waals surface area contributed by atoms with Crippen LogP contribution in [-0.4, -0.2) is 47.5 Å². The van der Waals surface area contributed by atoms with Gasteiger partial charge in [-0.2, -0.15) is 0 Å². The largest absolute Gasteiger partial charge is 0.444 e. The maximum absolute atomic E-state index is 10.7. The van der Waals surface area contributed by atoms with Gasteiger partial charge in [-0.25, -0.2) is 4.98 Å². The van der Waals surface area contributed by atoms with Crippen molar-refractivity contribution in [3.63, 3.8) is 0 Å². The van der Waals surface area contributed by atoms with Crippen LogP contribution in [0.2, 0.25) is 0 Å². The van der Waals surface area contributed by atoms with E-state index in [1.165, 1.54) is 38.5 Å². The minimum atomic E-state index is -0.0908. The summed E-state index contributed by atoms with van der Waals surface area (Å²) in [6, 6.07) is 0. The Morgan fingerprint density at radius 1 is 1.15 bits per heavy atom. The predicted octanol–water partition coefficient (Wildman–Crippen LogP) is 4.98. The van der Waals surface area contributed by atoms with Crippen LogP contribution in [0.1, 0.15) is 76.9 Å². The smallest absolute Gasteiger partial charge is 0.208 e. The van der Waals surface area contributed by atoms with Gasteiger partial charge in [-0.15, -0.1) is 0 Å². The predicted molar refractivity (Wildman–Crippen MR) is 129 cm³/mol. The molecule has 0 aliphatic heterocycles. The molecule has 1 heterocycles. The fraction of sp³-hybridized carbons (Fsp3) is 0.778. The summed E-state index contributed by atoms with van der Waals surface area (Å²) in [5.74, 6) is 3.82. The van der Waals surface area contributed by atoms with Crippen LogP contribution in [0.5, 0.6) is 0 Å². The Hall–Kier alpha value is -1.66. The van der Waals surface area contributed by atoms with E-state index in [4.69, 9.17) is 9.25 Å². The zero-order chi connectivity index (χ0) is 23.2. The van der Waals surface area contributed by atoms with Gasteiger partial charge in [-0.1, -0.05) is 24.6 Å². The van der Waals surface area contributed by atoms with Gasteiger partial charge in [0.05, 0.1) is 24.6 Å². The first kappa shape index (κ1) is 23.1. The number of hydrogen-bond donors (Lipinski definition) is 1. The van der Waals surface area contributed by atoms with Crippen molar-refractivity contribution in [2.45, 2.75) is 84.3 Å². The van der Waals surface area contributed by atoms with Crippen molar-refractivity contribution in [3.8, 4) is 0 Å². The number of hydrogen-bond acceptors (Lipinski definition) is 6. The van der Waals surface area contributed by atoms with Gasteiger partial charge in [-0.3, -0.25) is 0 Å². The molecule has 1 N–H and O–H groups in total. The van der Waals surface area contributed by atoms with Gasteiger partial charge in [0.2, 0.25) is 5.89 Å². The summed E-state index contributed by atoms with van der Waals surface area (Å²) in [6.45, 7) is 6.09. The molecular weight excluding hydrogens is 414 g/mol. The van der Waals surface area contributed by atoms with Crippen LogP contribution in [0.4, 0.5) is 0 Å². The number of aromatic nitrogens is 1. The van der Waals surface area contributed by atoms with Gasteiger partial charge in [-0.05, 0) is 100 Å². The third kappa shape index (κ3) is 4.18. The highest BCUT2D eigenvalue weighted by Gasteiger charge is 2.58. The lowest BCUT2D eigenvalue weighted by Gasteiger charge is -2.57. The minimum absolute atomic E-state index is 0.0908. The normalized spacial score (nSPS) is 39.2. The van der Waals surface area contributed by atoms with Gasteiger partial charge in [0.15, 0.2) is 0 Å². The first-order valence-electron chi connectivity index (χ1n) is 13.0. The Labute approximate surface area is 198 Å². The maximum atomic E-state index is 10.7. The zero-order valence-electron chi connectivity index (χ0n) is 20.8. The SMILES string of the molecule is CN(C)Cc1ncc(CCON=C2C=C3CCC4C(CCC5(C)C(O)CCC45)C3(C)CC2)o1. The third-order valence-electron chi connectivity index (χ3n) is 9.60. The average molecular weight is 456 g/mol. The molecule has 3 fully saturated rings. The molecule has 33 heavy (non-hydrogen) atoms. The summed E-state index contributed by atoms with van der Waals surface area (Å²) < 4.78 is 5.76. The summed E-state index contributed by atoms with van der Waals surface area (Å²) in [5.41, 5.74) is 3.12. The van der Waals surface area contributed by atoms with E-state index in [-0.39, 0.29) is 11.5 Å². The van der Waals surface area contributed by atoms with Crippen LogP contribution in [0.15, 0.2) is 27.4 Å². The second kappa shape index (κ2) is 8.84. The number of fused-ring (bicyclic) bond motifs is 5. The molecule has 0 bridgehead atoms. The molecular formula is C27H41N3O3. The van der Waals surface area contributed by atoms with E-state index in [9.17, 15) is 5.11 Å². The standard InChI is InChI=1S/C27H41N3O3/c1-26-12-9-19(29-32-14-11-20-16-28-25(33-20)17-30(3)4)15-18(26)5-6-21-22-7-8-24(31)27(22,2)13-10-23(21)26/h15-16,21-24,31H,5-14,17H2,1-4H3. The van der Waals surface area contributed by atoms with E-state index in [0.29, 0.717) is 30.9 Å². The monoisotopic (exact) mass is 455 g/mol. The molecule has 0 amide bonds. The molecule has 1 aromatic heterocycles. The number of oxazole rings is 1. The number of allylic oxidation sites excluding steroid dienone is 2. The molecule has 3 saturated carbocycles. The molecule has 4 aliphatic rings. The molecule has 4 aliphatic carbocycles. The molecule has 0 aromatic carbocycles. The van der Waals surface area contributed by atoms with Crippen molar-refractivity contribution in [2.75, 3.05) is 20.7 Å². The van der Waals surface area contributed by atoms with E-state index < -0.39 is 0 Å². The highest BCUT2D eigenvalue weighted by Crippen LogP contribution is 2.65. The van der Waals surface area contributed by atoms with Crippen LogP contribution in [0.25, 0.3) is 0 Å².